The molecule has 0 saturated heterocycles. The Balaban J connectivity index is 2.16. The molecule has 2 aromatic carbocycles. The molecule has 0 aromatic heterocycles. The average Bonchev–Trinajstić information content (AvgIpc) is 2.76. The lowest BCUT2D eigenvalue weighted by atomic mass is 10.1. The molecule has 0 radical (unpaired) electrons. The van der Waals surface area contributed by atoms with Crippen LogP contribution in [0.5, 0.6) is 5.75 Å². The molecule has 0 unspecified atom stereocenters. The van der Waals surface area contributed by atoms with E-state index in [0.717, 1.165) is 11.6 Å². The molecule has 0 spiro atoms. The van der Waals surface area contributed by atoms with E-state index < -0.39 is 17.7 Å². The van der Waals surface area contributed by atoms with Crippen LogP contribution in [0.15, 0.2) is 48.0 Å². The molecule has 0 heterocycles. The Hall–Kier alpha value is -3.86. The summed E-state index contributed by atoms with van der Waals surface area (Å²) in [5.41, 5.74) is 1.10. The van der Waals surface area contributed by atoms with Gasteiger partial charge in [0.05, 0.1) is 26.4 Å². The van der Waals surface area contributed by atoms with Gasteiger partial charge in [-0.15, -0.1) is 0 Å². The van der Waals surface area contributed by atoms with Crippen molar-refractivity contribution in [3.63, 3.8) is 0 Å². The standard InChI is InChI=1S/C22H21FN2O5/c1-4-30-22(27)18(12-24)20(29-3)15-7-5-14(6-8-15)13-25-21(26)17-11-16(23)9-10-19(17)28-2/h5-11H,4,13H2,1-3H3,(H,25,26). The normalized spacial score (nSPS) is 11.0. The second kappa shape index (κ2) is 10.6. The van der Waals surface area contributed by atoms with Gasteiger partial charge in [-0.2, -0.15) is 5.26 Å². The summed E-state index contributed by atoms with van der Waals surface area (Å²) in [4.78, 5) is 24.3. The van der Waals surface area contributed by atoms with Gasteiger partial charge in [0.25, 0.3) is 5.91 Å². The van der Waals surface area contributed by atoms with Gasteiger partial charge in [-0.25, -0.2) is 9.18 Å². The van der Waals surface area contributed by atoms with Crippen LogP contribution in [0.3, 0.4) is 0 Å². The number of nitrogens with zero attached hydrogens (tertiary/aromatic N) is 1. The van der Waals surface area contributed by atoms with Gasteiger partial charge in [0, 0.05) is 12.1 Å². The fraction of sp³-hybridized carbons (Fsp3) is 0.227. The first-order valence-corrected chi connectivity index (χ1v) is 9.01. The number of benzene rings is 2. The molecular weight excluding hydrogens is 391 g/mol. The van der Waals surface area contributed by atoms with Crippen molar-refractivity contribution in [3.05, 3.63) is 70.5 Å². The highest BCUT2D eigenvalue weighted by Crippen LogP contribution is 2.22. The molecule has 0 fully saturated rings. The van der Waals surface area contributed by atoms with Crippen LogP contribution in [0.1, 0.15) is 28.4 Å². The molecule has 0 aliphatic carbocycles. The Bertz CT molecular complexity index is 994. The van der Waals surface area contributed by atoms with Crippen LogP contribution < -0.4 is 10.1 Å². The third kappa shape index (κ3) is 5.35. The highest BCUT2D eigenvalue weighted by molar-refractivity contribution is 6.00. The minimum Gasteiger partial charge on any atom is -0.496 e. The lowest BCUT2D eigenvalue weighted by molar-refractivity contribution is -0.138. The number of carbonyl (C=O) groups excluding carboxylic acids is 2. The highest BCUT2D eigenvalue weighted by atomic mass is 19.1. The van der Waals surface area contributed by atoms with Crippen molar-refractivity contribution >= 4 is 17.6 Å². The molecule has 2 aromatic rings. The zero-order valence-electron chi connectivity index (χ0n) is 16.8. The van der Waals surface area contributed by atoms with Crippen LogP contribution in [0, 0.1) is 17.1 Å². The first-order chi connectivity index (χ1) is 14.4. The molecule has 0 aliphatic heterocycles. The van der Waals surface area contributed by atoms with E-state index >= 15 is 0 Å². The molecule has 0 bridgehead atoms. The van der Waals surface area contributed by atoms with E-state index in [-0.39, 0.29) is 35.8 Å². The molecule has 156 valence electrons. The average molecular weight is 412 g/mol. The van der Waals surface area contributed by atoms with E-state index in [1.807, 2.05) is 0 Å². The third-order valence-electron chi connectivity index (χ3n) is 4.10. The van der Waals surface area contributed by atoms with Crippen molar-refractivity contribution in [2.75, 3.05) is 20.8 Å². The number of methoxy groups -OCH3 is 2. The summed E-state index contributed by atoms with van der Waals surface area (Å²) >= 11 is 0. The van der Waals surface area contributed by atoms with E-state index in [4.69, 9.17) is 14.2 Å². The predicted molar refractivity (Wildman–Crippen MR) is 107 cm³/mol. The molecule has 0 saturated carbocycles. The van der Waals surface area contributed by atoms with Gasteiger partial charge in [-0.3, -0.25) is 4.79 Å². The topological polar surface area (TPSA) is 97.7 Å². The predicted octanol–water partition coefficient (Wildman–Crippen LogP) is 3.21. The van der Waals surface area contributed by atoms with E-state index in [1.165, 1.54) is 26.4 Å². The maximum Gasteiger partial charge on any atom is 0.352 e. The number of amides is 1. The molecule has 0 atom stereocenters. The summed E-state index contributed by atoms with van der Waals surface area (Å²) < 4.78 is 28.6. The number of carbonyl (C=O) groups is 2. The van der Waals surface area contributed by atoms with Crippen molar-refractivity contribution in [3.8, 4) is 11.8 Å². The lowest BCUT2D eigenvalue weighted by Gasteiger charge is -2.11. The minimum absolute atomic E-state index is 0.0896. The van der Waals surface area contributed by atoms with Crippen LogP contribution in [0.25, 0.3) is 5.76 Å². The fourth-order valence-corrected chi connectivity index (χ4v) is 2.67. The number of hydrogen-bond donors (Lipinski definition) is 1. The van der Waals surface area contributed by atoms with Crippen molar-refractivity contribution < 1.29 is 28.2 Å². The Morgan fingerprint density at radius 1 is 1.13 bits per heavy atom. The van der Waals surface area contributed by atoms with Crippen molar-refractivity contribution in [1.82, 2.24) is 5.32 Å². The summed E-state index contributed by atoms with van der Waals surface area (Å²) in [5.74, 6) is -1.43. The monoisotopic (exact) mass is 412 g/mol. The second-order valence-corrected chi connectivity index (χ2v) is 5.96. The minimum atomic E-state index is -0.766. The molecular formula is C22H21FN2O5. The van der Waals surface area contributed by atoms with E-state index in [9.17, 15) is 19.2 Å². The van der Waals surface area contributed by atoms with E-state index in [0.29, 0.717) is 5.56 Å². The van der Waals surface area contributed by atoms with Crippen LogP contribution in [0.2, 0.25) is 0 Å². The molecule has 1 N–H and O–H groups in total. The Kier molecular flexibility index (Phi) is 7.94. The van der Waals surface area contributed by atoms with Gasteiger partial charge < -0.3 is 19.5 Å². The molecule has 30 heavy (non-hydrogen) atoms. The van der Waals surface area contributed by atoms with Gasteiger partial charge in [0.1, 0.15) is 17.6 Å². The quantitative estimate of drug-likeness (QED) is 0.309. The summed E-state index contributed by atoms with van der Waals surface area (Å²) in [6.07, 6.45) is 0. The number of hydrogen-bond acceptors (Lipinski definition) is 6. The summed E-state index contributed by atoms with van der Waals surface area (Å²) in [7, 11) is 2.75. The molecule has 1 amide bonds. The van der Waals surface area contributed by atoms with Gasteiger partial charge in [-0.1, -0.05) is 24.3 Å². The summed E-state index contributed by atoms with van der Waals surface area (Å²) in [5, 5.41) is 12.0. The van der Waals surface area contributed by atoms with Crippen molar-refractivity contribution in [1.29, 1.82) is 5.26 Å². The maximum atomic E-state index is 13.5. The van der Waals surface area contributed by atoms with Gasteiger partial charge >= 0.3 is 5.97 Å². The number of halogens is 1. The molecule has 8 heteroatoms. The number of nitrogens with one attached hydrogen (secondary N) is 1. The Morgan fingerprint density at radius 2 is 1.83 bits per heavy atom. The number of nitriles is 1. The maximum absolute atomic E-state index is 13.5. The zero-order valence-corrected chi connectivity index (χ0v) is 16.8. The van der Waals surface area contributed by atoms with Crippen molar-refractivity contribution in [2.45, 2.75) is 13.5 Å². The van der Waals surface area contributed by atoms with Crippen LogP contribution in [-0.2, 0) is 20.8 Å². The smallest absolute Gasteiger partial charge is 0.352 e. The van der Waals surface area contributed by atoms with Crippen molar-refractivity contribution in [2.24, 2.45) is 0 Å². The second-order valence-electron chi connectivity index (χ2n) is 5.96. The number of ether oxygens (including phenoxy) is 3. The summed E-state index contributed by atoms with van der Waals surface area (Å²) in [6, 6.07) is 12.2. The third-order valence-corrected chi connectivity index (χ3v) is 4.10. The largest absolute Gasteiger partial charge is 0.496 e. The van der Waals surface area contributed by atoms with Crippen LogP contribution in [0.4, 0.5) is 4.39 Å². The van der Waals surface area contributed by atoms with Crippen LogP contribution in [-0.4, -0.2) is 32.7 Å². The molecule has 0 aliphatic rings. The van der Waals surface area contributed by atoms with Crippen LogP contribution >= 0.6 is 0 Å². The SMILES string of the molecule is CCOC(=O)C(C#N)=C(OC)c1ccc(CNC(=O)c2cc(F)ccc2OC)cc1. The zero-order chi connectivity index (χ0) is 22.1. The van der Waals surface area contributed by atoms with Gasteiger partial charge in [0.2, 0.25) is 0 Å². The Labute approximate surface area is 173 Å². The summed E-state index contributed by atoms with van der Waals surface area (Å²) in [6.45, 7) is 1.95. The molecule has 2 rings (SSSR count). The van der Waals surface area contributed by atoms with E-state index in [1.54, 1.807) is 37.3 Å². The highest BCUT2D eigenvalue weighted by Gasteiger charge is 2.19. The van der Waals surface area contributed by atoms with Gasteiger partial charge in [-0.05, 0) is 30.7 Å². The number of esters is 1. The van der Waals surface area contributed by atoms with E-state index in [2.05, 4.69) is 5.32 Å². The number of rotatable bonds is 8. The molecule has 7 nitrogen and oxygen atoms in total. The lowest BCUT2D eigenvalue weighted by Crippen LogP contribution is -2.23. The first kappa shape index (κ1) is 22.4. The first-order valence-electron chi connectivity index (χ1n) is 9.01. The van der Waals surface area contributed by atoms with Gasteiger partial charge in [0.15, 0.2) is 11.3 Å². The Morgan fingerprint density at radius 3 is 2.40 bits per heavy atom. The fourth-order valence-electron chi connectivity index (χ4n) is 2.67.